The Hall–Kier alpha value is -1.86. The molecule has 1 aromatic carbocycles. The number of likely N-dealkylation sites (tertiary alicyclic amines) is 1. The van der Waals surface area contributed by atoms with Gasteiger partial charge < -0.3 is 10.6 Å². The van der Waals surface area contributed by atoms with Gasteiger partial charge in [0.2, 0.25) is 5.91 Å². The first-order valence-electron chi connectivity index (χ1n) is 5.96. The molecule has 1 aromatic rings. The molecule has 1 fully saturated rings. The fourth-order valence-electron chi connectivity index (χ4n) is 2.00. The first-order chi connectivity index (χ1) is 8.70. The molecule has 0 aromatic heterocycles. The van der Waals surface area contributed by atoms with Gasteiger partial charge in [0.1, 0.15) is 5.82 Å². The molecule has 0 spiro atoms. The van der Waals surface area contributed by atoms with Crippen molar-refractivity contribution in [3.8, 4) is 11.8 Å². The molecule has 1 amide bonds. The van der Waals surface area contributed by atoms with Gasteiger partial charge in [-0.1, -0.05) is 11.8 Å². The van der Waals surface area contributed by atoms with Crippen molar-refractivity contribution in [3.05, 3.63) is 35.1 Å². The molecule has 94 valence electrons. The van der Waals surface area contributed by atoms with Crippen LogP contribution in [0.25, 0.3) is 0 Å². The Kier molecular flexibility index (Phi) is 3.96. The van der Waals surface area contributed by atoms with Crippen LogP contribution < -0.4 is 5.73 Å². The topological polar surface area (TPSA) is 46.3 Å². The minimum absolute atomic E-state index is 0.0906. The van der Waals surface area contributed by atoms with Crippen molar-refractivity contribution < 1.29 is 9.18 Å². The Labute approximate surface area is 106 Å². The van der Waals surface area contributed by atoms with E-state index in [-0.39, 0.29) is 18.3 Å². The first kappa shape index (κ1) is 12.6. The number of hydrogen-bond acceptors (Lipinski definition) is 2. The van der Waals surface area contributed by atoms with E-state index in [0.717, 1.165) is 12.0 Å². The Balaban J connectivity index is 2.18. The zero-order chi connectivity index (χ0) is 13.0. The molecule has 1 aliphatic heterocycles. The summed E-state index contributed by atoms with van der Waals surface area (Å²) >= 11 is 0. The van der Waals surface area contributed by atoms with E-state index in [1.165, 1.54) is 6.07 Å². The number of benzene rings is 1. The highest BCUT2D eigenvalue weighted by Gasteiger charge is 2.21. The molecular weight excluding hydrogens is 231 g/mol. The molecule has 0 radical (unpaired) electrons. The summed E-state index contributed by atoms with van der Waals surface area (Å²) in [7, 11) is 0. The largest absolute Gasteiger partial charge is 0.338 e. The second-order valence-electron chi connectivity index (χ2n) is 4.23. The molecule has 0 unspecified atom stereocenters. The average molecular weight is 246 g/mol. The number of rotatable bonds is 2. The lowest BCUT2D eigenvalue weighted by molar-refractivity contribution is -0.128. The van der Waals surface area contributed by atoms with E-state index in [4.69, 9.17) is 5.73 Å². The van der Waals surface area contributed by atoms with Gasteiger partial charge >= 0.3 is 0 Å². The van der Waals surface area contributed by atoms with Gasteiger partial charge in [-0.3, -0.25) is 4.79 Å². The van der Waals surface area contributed by atoms with Crippen LogP contribution in [0.4, 0.5) is 4.39 Å². The van der Waals surface area contributed by atoms with Crippen LogP contribution in [-0.4, -0.2) is 23.9 Å². The SMILES string of the molecule is NCC#Cc1ccc(F)c(CN2CCCC2=O)c1. The summed E-state index contributed by atoms with van der Waals surface area (Å²) in [5.74, 6) is 5.38. The van der Waals surface area contributed by atoms with Crippen LogP contribution in [-0.2, 0) is 11.3 Å². The quantitative estimate of drug-likeness (QED) is 0.798. The number of amides is 1. The summed E-state index contributed by atoms with van der Waals surface area (Å²) < 4.78 is 13.7. The molecule has 0 saturated carbocycles. The molecule has 1 saturated heterocycles. The summed E-state index contributed by atoms with van der Waals surface area (Å²) in [6, 6.07) is 4.69. The lowest BCUT2D eigenvalue weighted by Gasteiger charge is -2.16. The van der Waals surface area contributed by atoms with Gasteiger partial charge in [0.15, 0.2) is 0 Å². The molecule has 2 rings (SSSR count). The Bertz CT molecular complexity index is 516. The van der Waals surface area contributed by atoms with E-state index in [0.29, 0.717) is 25.1 Å². The summed E-state index contributed by atoms with van der Waals surface area (Å²) in [6.07, 6.45) is 1.42. The Morgan fingerprint density at radius 1 is 1.44 bits per heavy atom. The Morgan fingerprint density at radius 2 is 2.28 bits per heavy atom. The predicted octanol–water partition coefficient (Wildman–Crippen LogP) is 1.26. The monoisotopic (exact) mass is 246 g/mol. The molecule has 3 nitrogen and oxygen atoms in total. The van der Waals surface area contributed by atoms with Gasteiger partial charge in [0, 0.05) is 30.6 Å². The van der Waals surface area contributed by atoms with Gasteiger partial charge in [-0.25, -0.2) is 4.39 Å². The maximum absolute atomic E-state index is 13.7. The Morgan fingerprint density at radius 3 is 2.94 bits per heavy atom. The van der Waals surface area contributed by atoms with E-state index < -0.39 is 0 Å². The van der Waals surface area contributed by atoms with Crippen LogP contribution in [0.3, 0.4) is 0 Å². The second-order valence-corrected chi connectivity index (χ2v) is 4.23. The molecule has 18 heavy (non-hydrogen) atoms. The maximum Gasteiger partial charge on any atom is 0.222 e. The van der Waals surface area contributed by atoms with Crippen LogP contribution >= 0.6 is 0 Å². The number of halogens is 1. The number of carbonyl (C=O) groups is 1. The second kappa shape index (κ2) is 5.65. The summed E-state index contributed by atoms with van der Waals surface area (Å²) in [6.45, 7) is 1.30. The van der Waals surface area contributed by atoms with E-state index in [9.17, 15) is 9.18 Å². The summed E-state index contributed by atoms with van der Waals surface area (Å²) in [4.78, 5) is 13.2. The first-order valence-corrected chi connectivity index (χ1v) is 5.96. The highest BCUT2D eigenvalue weighted by Crippen LogP contribution is 2.17. The molecule has 2 N–H and O–H groups in total. The van der Waals surface area contributed by atoms with E-state index in [1.807, 2.05) is 0 Å². The third-order valence-electron chi connectivity index (χ3n) is 2.91. The highest BCUT2D eigenvalue weighted by atomic mass is 19.1. The van der Waals surface area contributed by atoms with Crippen molar-refractivity contribution in [1.29, 1.82) is 0 Å². The van der Waals surface area contributed by atoms with Crippen LogP contribution in [0.1, 0.15) is 24.0 Å². The molecule has 1 aliphatic rings. The van der Waals surface area contributed by atoms with Gasteiger partial charge in [0.05, 0.1) is 6.54 Å². The van der Waals surface area contributed by atoms with Crippen molar-refractivity contribution in [2.45, 2.75) is 19.4 Å². The normalized spacial score (nSPS) is 14.6. The van der Waals surface area contributed by atoms with Gasteiger partial charge in [-0.2, -0.15) is 0 Å². The van der Waals surface area contributed by atoms with Crippen molar-refractivity contribution >= 4 is 5.91 Å². The van der Waals surface area contributed by atoms with Gasteiger partial charge in [-0.05, 0) is 24.6 Å². The minimum Gasteiger partial charge on any atom is -0.338 e. The van der Waals surface area contributed by atoms with Gasteiger partial charge in [0.25, 0.3) is 0 Å². The molecule has 0 atom stereocenters. The van der Waals surface area contributed by atoms with Crippen LogP contribution in [0.2, 0.25) is 0 Å². The lowest BCUT2D eigenvalue weighted by Crippen LogP contribution is -2.24. The van der Waals surface area contributed by atoms with Crippen molar-refractivity contribution in [2.75, 3.05) is 13.1 Å². The fourth-order valence-corrected chi connectivity index (χ4v) is 2.00. The molecule has 1 heterocycles. The number of nitrogens with zero attached hydrogens (tertiary/aromatic N) is 1. The molecular formula is C14H15FN2O. The zero-order valence-corrected chi connectivity index (χ0v) is 10.1. The fraction of sp³-hybridized carbons (Fsp3) is 0.357. The average Bonchev–Trinajstić information content (AvgIpc) is 2.76. The van der Waals surface area contributed by atoms with Crippen molar-refractivity contribution in [1.82, 2.24) is 4.90 Å². The third-order valence-corrected chi connectivity index (χ3v) is 2.91. The maximum atomic E-state index is 13.7. The minimum atomic E-state index is -0.298. The predicted molar refractivity (Wildman–Crippen MR) is 67.0 cm³/mol. The van der Waals surface area contributed by atoms with Crippen LogP contribution in [0.5, 0.6) is 0 Å². The van der Waals surface area contributed by atoms with Crippen LogP contribution in [0, 0.1) is 17.7 Å². The smallest absolute Gasteiger partial charge is 0.222 e. The van der Waals surface area contributed by atoms with E-state index >= 15 is 0 Å². The van der Waals surface area contributed by atoms with E-state index in [2.05, 4.69) is 11.8 Å². The molecule has 0 aliphatic carbocycles. The van der Waals surface area contributed by atoms with Crippen molar-refractivity contribution in [2.24, 2.45) is 5.73 Å². The molecule has 0 bridgehead atoms. The van der Waals surface area contributed by atoms with E-state index in [1.54, 1.807) is 17.0 Å². The van der Waals surface area contributed by atoms with Crippen molar-refractivity contribution in [3.63, 3.8) is 0 Å². The summed E-state index contributed by atoms with van der Waals surface area (Å²) in [5, 5.41) is 0. The van der Waals surface area contributed by atoms with Gasteiger partial charge in [-0.15, -0.1) is 0 Å². The number of hydrogen-bond donors (Lipinski definition) is 1. The molecule has 4 heteroatoms. The zero-order valence-electron chi connectivity index (χ0n) is 10.1. The third kappa shape index (κ3) is 2.88. The summed E-state index contributed by atoms with van der Waals surface area (Å²) in [5.41, 5.74) is 6.53. The lowest BCUT2D eigenvalue weighted by atomic mass is 10.1. The highest BCUT2D eigenvalue weighted by molar-refractivity contribution is 5.78. The standard InChI is InChI=1S/C14H15FN2O/c15-13-6-5-11(3-1-7-16)9-12(13)10-17-8-2-4-14(17)18/h5-6,9H,2,4,7-8,10,16H2. The number of carbonyl (C=O) groups excluding carboxylic acids is 1. The number of nitrogens with two attached hydrogens (primary N) is 1. The van der Waals surface area contributed by atoms with Crippen LogP contribution in [0.15, 0.2) is 18.2 Å².